The summed E-state index contributed by atoms with van der Waals surface area (Å²) in [4.78, 5) is 14.7. The maximum Gasteiger partial charge on any atom is 0.248 e. The number of amides is 1. The number of benzene rings is 2. The molecule has 1 aliphatic rings. The van der Waals surface area contributed by atoms with Crippen LogP contribution >= 0.6 is 0 Å². The van der Waals surface area contributed by atoms with E-state index in [4.69, 9.17) is 0 Å². The lowest BCUT2D eigenvalue weighted by molar-refractivity contribution is -0.119. The Balaban J connectivity index is 1.65. The predicted octanol–water partition coefficient (Wildman–Crippen LogP) is 3.03. The molecule has 3 aromatic rings. The second kappa shape index (κ2) is 5.74. The van der Waals surface area contributed by atoms with Gasteiger partial charge in [-0.2, -0.15) is 0 Å². The third-order valence-electron chi connectivity index (χ3n) is 4.83. The molecule has 0 saturated carbocycles. The third-order valence-corrected chi connectivity index (χ3v) is 4.83. The quantitative estimate of drug-likeness (QED) is 0.729. The Hall–Kier alpha value is -2.69. The van der Waals surface area contributed by atoms with Gasteiger partial charge in [-0.05, 0) is 61.6 Å². The van der Waals surface area contributed by atoms with Gasteiger partial charge in [0.05, 0.1) is 5.52 Å². The molecule has 4 rings (SSSR count). The minimum atomic E-state index is 0.0622. The van der Waals surface area contributed by atoms with E-state index >= 15 is 0 Å². The van der Waals surface area contributed by atoms with E-state index in [9.17, 15) is 4.79 Å². The molecule has 0 atom stereocenters. The van der Waals surface area contributed by atoms with E-state index in [0.29, 0.717) is 0 Å². The Morgan fingerprint density at radius 3 is 2.83 bits per heavy atom. The summed E-state index contributed by atoms with van der Waals surface area (Å²) < 4.78 is 1.71. The highest BCUT2D eigenvalue weighted by Gasteiger charge is 2.23. The van der Waals surface area contributed by atoms with E-state index in [1.807, 2.05) is 29.2 Å². The molecule has 24 heavy (non-hydrogen) atoms. The number of fused-ring (bicyclic) bond motifs is 2. The number of carbonyl (C=O) groups is 1. The average molecular weight is 320 g/mol. The number of rotatable bonds is 2. The Morgan fingerprint density at radius 1 is 1.17 bits per heavy atom. The molecule has 0 fully saturated rings. The fraction of sp³-hybridized carbons (Fsp3) is 0.316. The first-order chi connectivity index (χ1) is 11.6. The van der Waals surface area contributed by atoms with E-state index in [1.165, 1.54) is 16.7 Å². The minimum Gasteiger partial charge on any atom is -0.311 e. The van der Waals surface area contributed by atoms with Crippen molar-refractivity contribution >= 4 is 22.6 Å². The topological polar surface area (TPSA) is 51.0 Å². The van der Waals surface area contributed by atoms with Gasteiger partial charge in [-0.15, -0.1) is 5.10 Å². The van der Waals surface area contributed by atoms with Crippen LogP contribution in [0.2, 0.25) is 0 Å². The van der Waals surface area contributed by atoms with Crippen molar-refractivity contribution in [2.24, 2.45) is 0 Å². The summed E-state index contributed by atoms with van der Waals surface area (Å²) >= 11 is 0. The first-order valence-corrected chi connectivity index (χ1v) is 8.32. The predicted molar refractivity (Wildman–Crippen MR) is 94.1 cm³/mol. The van der Waals surface area contributed by atoms with Gasteiger partial charge in [-0.25, -0.2) is 4.68 Å². The van der Waals surface area contributed by atoms with E-state index in [-0.39, 0.29) is 12.5 Å². The Kier molecular flexibility index (Phi) is 3.56. The lowest BCUT2D eigenvalue weighted by atomic mass is 10.0. The largest absolute Gasteiger partial charge is 0.311 e. The maximum atomic E-state index is 12.9. The number of carbonyl (C=O) groups excluding carboxylic acids is 1. The number of para-hydroxylation sites is 1. The lowest BCUT2D eigenvalue weighted by Gasteiger charge is -2.29. The standard InChI is InChI=1S/C19H20N4O/c1-13-10-16-18(11-14(13)2)23(21-20-16)12-19(24)22-9-5-7-15-6-3-4-8-17(15)22/h3-4,6,8,10-11H,5,7,9,12H2,1-2H3. The van der Waals surface area contributed by atoms with Crippen LogP contribution in [0.4, 0.5) is 5.69 Å². The van der Waals surface area contributed by atoms with Gasteiger partial charge in [0.25, 0.3) is 0 Å². The lowest BCUT2D eigenvalue weighted by Crippen LogP contribution is -2.37. The van der Waals surface area contributed by atoms with E-state index < -0.39 is 0 Å². The molecule has 1 aromatic heterocycles. The molecule has 5 nitrogen and oxygen atoms in total. The van der Waals surface area contributed by atoms with Crippen molar-refractivity contribution in [3.63, 3.8) is 0 Å². The van der Waals surface area contributed by atoms with Gasteiger partial charge < -0.3 is 4.90 Å². The highest BCUT2D eigenvalue weighted by molar-refractivity contribution is 5.95. The van der Waals surface area contributed by atoms with Gasteiger partial charge in [-0.3, -0.25) is 4.79 Å². The summed E-state index contributed by atoms with van der Waals surface area (Å²) in [5, 5.41) is 8.39. The van der Waals surface area contributed by atoms with E-state index in [2.05, 4.69) is 36.3 Å². The van der Waals surface area contributed by atoms with Crippen molar-refractivity contribution in [2.75, 3.05) is 11.4 Å². The first kappa shape index (κ1) is 14.9. The Bertz CT molecular complexity index is 928. The molecular weight excluding hydrogens is 300 g/mol. The molecule has 5 heteroatoms. The fourth-order valence-electron chi connectivity index (χ4n) is 3.35. The van der Waals surface area contributed by atoms with Crippen LogP contribution in [0, 0.1) is 13.8 Å². The van der Waals surface area contributed by atoms with Crippen LogP contribution in [-0.4, -0.2) is 27.4 Å². The summed E-state index contributed by atoms with van der Waals surface area (Å²) in [7, 11) is 0. The van der Waals surface area contributed by atoms with E-state index in [0.717, 1.165) is 36.1 Å². The van der Waals surface area contributed by atoms with Crippen molar-refractivity contribution in [2.45, 2.75) is 33.2 Å². The highest BCUT2D eigenvalue weighted by Crippen LogP contribution is 2.27. The fourth-order valence-corrected chi connectivity index (χ4v) is 3.35. The average Bonchev–Trinajstić information content (AvgIpc) is 2.96. The van der Waals surface area contributed by atoms with Crippen LogP contribution in [-0.2, 0) is 17.8 Å². The van der Waals surface area contributed by atoms with Crippen molar-refractivity contribution in [1.29, 1.82) is 0 Å². The Labute approximate surface area is 140 Å². The van der Waals surface area contributed by atoms with Crippen LogP contribution in [0.25, 0.3) is 11.0 Å². The number of aryl methyl sites for hydroxylation is 3. The van der Waals surface area contributed by atoms with Gasteiger partial charge in [0.2, 0.25) is 5.91 Å². The number of hydrogen-bond acceptors (Lipinski definition) is 3. The van der Waals surface area contributed by atoms with Gasteiger partial charge >= 0.3 is 0 Å². The van der Waals surface area contributed by atoms with E-state index in [1.54, 1.807) is 4.68 Å². The molecule has 0 radical (unpaired) electrons. The van der Waals surface area contributed by atoms with Gasteiger partial charge in [0.15, 0.2) is 0 Å². The molecule has 0 bridgehead atoms. The minimum absolute atomic E-state index is 0.0622. The van der Waals surface area contributed by atoms with Gasteiger partial charge in [0.1, 0.15) is 12.1 Å². The molecule has 2 aromatic carbocycles. The van der Waals surface area contributed by atoms with Crippen LogP contribution in [0.3, 0.4) is 0 Å². The highest BCUT2D eigenvalue weighted by atomic mass is 16.2. The smallest absolute Gasteiger partial charge is 0.248 e. The SMILES string of the molecule is Cc1cc2nnn(CC(=O)N3CCCc4ccccc43)c2cc1C. The molecule has 122 valence electrons. The van der Waals surface area contributed by atoms with Crippen molar-refractivity contribution in [1.82, 2.24) is 15.0 Å². The zero-order valence-corrected chi connectivity index (χ0v) is 14.0. The summed E-state index contributed by atoms with van der Waals surface area (Å²) in [6.45, 7) is 5.10. The molecule has 0 N–H and O–H groups in total. The maximum absolute atomic E-state index is 12.9. The molecule has 2 heterocycles. The molecule has 0 unspecified atom stereocenters. The molecule has 0 aliphatic carbocycles. The second-order valence-corrected chi connectivity index (χ2v) is 6.45. The summed E-state index contributed by atoms with van der Waals surface area (Å²) in [5.74, 6) is 0.0622. The molecule has 1 amide bonds. The molecule has 0 saturated heterocycles. The molecular formula is C19H20N4O. The summed E-state index contributed by atoms with van der Waals surface area (Å²) in [6, 6.07) is 12.2. The summed E-state index contributed by atoms with van der Waals surface area (Å²) in [6.07, 6.45) is 2.03. The Morgan fingerprint density at radius 2 is 1.96 bits per heavy atom. The number of anilines is 1. The van der Waals surface area contributed by atoms with Crippen molar-refractivity contribution < 1.29 is 4.79 Å². The van der Waals surface area contributed by atoms with Crippen LogP contribution in [0.5, 0.6) is 0 Å². The van der Waals surface area contributed by atoms with Crippen molar-refractivity contribution in [3.8, 4) is 0 Å². The zero-order valence-electron chi connectivity index (χ0n) is 14.0. The van der Waals surface area contributed by atoms with Gasteiger partial charge in [0, 0.05) is 12.2 Å². The second-order valence-electron chi connectivity index (χ2n) is 6.45. The number of hydrogen-bond donors (Lipinski definition) is 0. The summed E-state index contributed by atoms with van der Waals surface area (Å²) in [5.41, 5.74) is 6.39. The zero-order chi connectivity index (χ0) is 16.7. The van der Waals surface area contributed by atoms with Crippen LogP contribution < -0.4 is 4.90 Å². The normalized spacial score (nSPS) is 14.0. The van der Waals surface area contributed by atoms with Crippen LogP contribution in [0.15, 0.2) is 36.4 Å². The number of aromatic nitrogens is 3. The third kappa shape index (κ3) is 2.46. The molecule has 1 aliphatic heterocycles. The number of nitrogens with zero attached hydrogens (tertiary/aromatic N) is 4. The van der Waals surface area contributed by atoms with Crippen molar-refractivity contribution in [3.05, 3.63) is 53.1 Å². The van der Waals surface area contributed by atoms with Crippen LogP contribution in [0.1, 0.15) is 23.1 Å². The monoisotopic (exact) mass is 320 g/mol. The first-order valence-electron chi connectivity index (χ1n) is 8.32. The van der Waals surface area contributed by atoms with Gasteiger partial charge in [-0.1, -0.05) is 23.4 Å². The molecule has 0 spiro atoms.